The van der Waals surface area contributed by atoms with E-state index >= 15 is 0 Å². The molecule has 26 heavy (non-hydrogen) atoms. The minimum Gasteiger partial charge on any atom is -0.478 e. The smallest absolute Gasteiger partial charge is 0.328 e. The van der Waals surface area contributed by atoms with Crippen molar-refractivity contribution in [3.63, 3.8) is 0 Å². The number of aliphatic carboxylic acids is 1. The molecule has 0 aromatic heterocycles. The summed E-state index contributed by atoms with van der Waals surface area (Å²) in [6.07, 6.45) is 22.8. The van der Waals surface area contributed by atoms with Crippen LogP contribution in [0.5, 0.6) is 0 Å². The first-order valence-electron chi connectivity index (χ1n) is 9.71. The molecule has 0 aliphatic rings. The van der Waals surface area contributed by atoms with Crippen LogP contribution in [-0.2, 0) is 4.79 Å². The summed E-state index contributed by atoms with van der Waals surface area (Å²) in [6.45, 7) is 1.53. The molecule has 0 spiro atoms. The fraction of sp³-hybridized carbons (Fsp3) is 0.667. The highest BCUT2D eigenvalue weighted by Gasteiger charge is 1.94. The number of aliphatic hydroxyl groups is 3. The predicted octanol–water partition coefficient (Wildman–Crippen LogP) is 3.99. The summed E-state index contributed by atoms with van der Waals surface area (Å²) in [7, 11) is 0. The molecule has 5 heteroatoms. The third-order valence-electron chi connectivity index (χ3n) is 3.60. The Morgan fingerprint density at radius 1 is 0.808 bits per heavy atom. The molecule has 4 N–H and O–H groups in total. The fourth-order valence-electron chi connectivity index (χ4n) is 2.07. The molecule has 0 aliphatic carbocycles. The fourth-order valence-corrected chi connectivity index (χ4v) is 2.07. The lowest BCUT2D eigenvalue weighted by molar-refractivity contribution is -0.131. The molecule has 0 aliphatic heterocycles. The monoisotopic (exact) mass is 370 g/mol. The van der Waals surface area contributed by atoms with E-state index in [1.165, 1.54) is 63.9 Å². The third kappa shape index (κ3) is 27.4. The van der Waals surface area contributed by atoms with Gasteiger partial charge in [-0.15, -0.1) is 0 Å². The largest absolute Gasteiger partial charge is 0.478 e. The SMILES string of the molecule is CCCCCCCCCCCC=CC=CC=CC(=O)O.OCC(O)CO. The van der Waals surface area contributed by atoms with E-state index in [1.54, 1.807) is 6.08 Å². The summed E-state index contributed by atoms with van der Waals surface area (Å²) in [4.78, 5) is 10.2. The van der Waals surface area contributed by atoms with E-state index in [0.29, 0.717) is 0 Å². The van der Waals surface area contributed by atoms with Crippen LogP contribution in [0.3, 0.4) is 0 Å². The molecule has 0 radical (unpaired) electrons. The molecule has 0 heterocycles. The Labute approximate surface area is 158 Å². The van der Waals surface area contributed by atoms with E-state index in [0.717, 1.165) is 12.5 Å². The van der Waals surface area contributed by atoms with Crippen molar-refractivity contribution in [2.45, 2.75) is 77.2 Å². The molecule has 0 atom stereocenters. The average Bonchev–Trinajstić information content (AvgIpc) is 2.64. The lowest BCUT2D eigenvalue weighted by Gasteiger charge is -2.00. The summed E-state index contributed by atoms with van der Waals surface area (Å²) in [5.74, 6) is -0.909. The van der Waals surface area contributed by atoms with Crippen LogP contribution in [0.25, 0.3) is 0 Å². The van der Waals surface area contributed by atoms with E-state index in [9.17, 15) is 4.79 Å². The predicted molar refractivity (Wildman–Crippen MR) is 107 cm³/mol. The van der Waals surface area contributed by atoms with Crippen molar-refractivity contribution < 1.29 is 25.2 Å². The number of carboxylic acids is 1. The molecule has 0 aromatic carbocycles. The van der Waals surface area contributed by atoms with Crippen LogP contribution in [0.2, 0.25) is 0 Å². The minimum atomic E-state index is -0.954. The Bertz CT molecular complexity index is 371. The van der Waals surface area contributed by atoms with Crippen molar-refractivity contribution in [2.24, 2.45) is 0 Å². The van der Waals surface area contributed by atoms with Gasteiger partial charge in [-0.3, -0.25) is 0 Å². The summed E-state index contributed by atoms with van der Waals surface area (Å²) in [6, 6.07) is 0. The van der Waals surface area contributed by atoms with Crippen LogP contribution in [0.15, 0.2) is 36.5 Å². The molecule has 0 rings (SSSR count). The number of carbonyl (C=O) groups is 1. The summed E-state index contributed by atoms with van der Waals surface area (Å²) in [5.41, 5.74) is 0. The third-order valence-corrected chi connectivity index (χ3v) is 3.60. The van der Waals surface area contributed by atoms with Gasteiger partial charge in [0.15, 0.2) is 0 Å². The number of allylic oxidation sites excluding steroid dienone is 5. The highest BCUT2D eigenvalue weighted by Crippen LogP contribution is 2.10. The quantitative estimate of drug-likeness (QED) is 0.198. The van der Waals surface area contributed by atoms with Gasteiger partial charge >= 0.3 is 5.97 Å². The number of carboxylic acid groups (broad SMARTS) is 1. The Morgan fingerprint density at radius 2 is 1.31 bits per heavy atom. The lowest BCUT2D eigenvalue weighted by Crippen LogP contribution is -2.15. The van der Waals surface area contributed by atoms with Crippen LogP contribution in [0.4, 0.5) is 0 Å². The summed E-state index contributed by atoms with van der Waals surface area (Å²) in [5, 5.41) is 32.4. The van der Waals surface area contributed by atoms with E-state index in [2.05, 4.69) is 13.0 Å². The topological polar surface area (TPSA) is 98.0 Å². The van der Waals surface area contributed by atoms with Crippen molar-refractivity contribution in [3.8, 4) is 0 Å². The number of rotatable bonds is 15. The van der Waals surface area contributed by atoms with Crippen molar-refractivity contribution in [2.75, 3.05) is 13.2 Å². The van der Waals surface area contributed by atoms with E-state index in [-0.39, 0.29) is 13.2 Å². The van der Waals surface area contributed by atoms with E-state index in [1.807, 2.05) is 12.2 Å². The molecule has 0 bridgehead atoms. The summed E-state index contributed by atoms with van der Waals surface area (Å²) >= 11 is 0. The molecule has 0 saturated heterocycles. The van der Waals surface area contributed by atoms with Crippen molar-refractivity contribution in [3.05, 3.63) is 36.5 Å². The van der Waals surface area contributed by atoms with E-state index in [4.69, 9.17) is 20.4 Å². The van der Waals surface area contributed by atoms with Gasteiger partial charge in [0.2, 0.25) is 0 Å². The molecule has 0 amide bonds. The second-order valence-corrected chi connectivity index (χ2v) is 6.15. The number of unbranched alkanes of at least 4 members (excludes halogenated alkanes) is 9. The zero-order valence-electron chi connectivity index (χ0n) is 16.2. The highest BCUT2D eigenvalue weighted by molar-refractivity contribution is 5.80. The Morgan fingerprint density at radius 3 is 1.77 bits per heavy atom. The minimum absolute atomic E-state index is 0.365. The Kier molecular flexibility index (Phi) is 24.3. The number of hydrogen-bond acceptors (Lipinski definition) is 4. The van der Waals surface area contributed by atoms with Gasteiger partial charge in [-0.25, -0.2) is 4.79 Å². The first-order valence-corrected chi connectivity index (χ1v) is 9.71. The maximum absolute atomic E-state index is 10.2. The zero-order chi connectivity index (χ0) is 19.9. The van der Waals surface area contributed by atoms with Gasteiger partial charge in [-0.1, -0.05) is 88.7 Å². The normalized spacial score (nSPS) is 11.6. The van der Waals surface area contributed by atoms with Gasteiger partial charge in [0, 0.05) is 6.08 Å². The Hall–Kier alpha value is -1.43. The van der Waals surface area contributed by atoms with Gasteiger partial charge in [-0.05, 0) is 12.8 Å². The second-order valence-electron chi connectivity index (χ2n) is 6.15. The molecular weight excluding hydrogens is 332 g/mol. The van der Waals surface area contributed by atoms with Crippen molar-refractivity contribution >= 4 is 5.97 Å². The van der Waals surface area contributed by atoms with Gasteiger partial charge in [0.1, 0.15) is 6.10 Å². The number of aliphatic hydroxyl groups excluding tert-OH is 3. The zero-order valence-corrected chi connectivity index (χ0v) is 16.2. The maximum atomic E-state index is 10.2. The molecule has 0 saturated carbocycles. The molecule has 5 nitrogen and oxygen atoms in total. The first kappa shape index (κ1) is 26.8. The molecule has 0 fully saturated rings. The maximum Gasteiger partial charge on any atom is 0.328 e. The Balaban J connectivity index is 0. The van der Waals surface area contributed by atoms with Crippen molar-refractivity contribution in [1.29, 1.82) is 0 Å². The van der Waals surface area contributed by atoms with Gasteiger partial charge in [0.05, 0.1) is 13.2 Å². The molecular formula is C21H38O5. The van der Waals surface area contributed by atoms with Gasteiger partial charge in [-0.2, -0.15) is 0 Å². The van der Waals surface area contributed by atoms with E-state index < -0.39 is 12.1 Å². The molecule has 0 aromatic rings. The van der Waals surface area contributed by atoms with Gasteiger partial charge in [0.25, 0.3) is 0 Å². The lowest BCUT2D eigenvalue weighted by atomic mass is 10.1. The van der Waals surface area contributed by atoms with Crippen LogP contribution in [0, 0.1) is 0 Å². The second kappa shape index (κ2) is 23.6. The molecule has 0 unspecified atom stereocenters. The van der Waals surface area contributed by atoms with Crippen molar-refractivity contribution in [1.82, 2.24) is 0 Å². The van der Waals surface area contributed by atoms with Gasteiger partial charge < -0.3 is 20.4 Å². The standard InChI is InChI=1S/C18H30O2.C3H8O3/c1-2-3-4-5-6-7-8-9-10-11-12-13-14-15-16-17-18(19)20;4-1-3(6)2-5/h12-17H,2-11H2,1H3,(H,19,20);3-6H,1-2H2. The molecule has 152 valence electrons. The van der Waals surface area contributed by atoms with Crippen LogP contribution >= 0.6 is 0 Å². The summed E-state index contributed by atoms with van der Waals surface area (Å²) < 4.78 is 0. The van der Waals surface area contributed by atoms with Crippen LogP contribution in [0.1, 0.15) is 71.1 Å². The first-order chi connectivity index (χ1) is 12.6. The number of hydrogen-bond donors (Lipinski definition) is 4. The van der Waals surface area contributed by atoms with Crippen LogP contribution in [-0.4, -0.2) is 45.7 Å². The average molecular weight is 371 g/mol. The van der Waals surface area contributed by atoms with Crippen LogP contribution < -0.4 is 0 Å². The highest BCUT2D eigenvalue weighted by atomic mass is 16.4.